The fourth-order valence-corrected chi connectivity index (χ4v) is 1.21. The van der Waals surface area contributed by atoms with E-state index in [1.54, 1.807) is 5.32 Å². The van der Waals surface area contributed by atoms with Crippen molar-refractivity contribution in [1.29, 1.82) is 0 Å². The van der Waals surface area contributed by atoms with E-state index >= 15 is 0 Å². The zero-order chi connectivity index (χ0) is 11.6. The second-order valence-corrected chi connectivity index (χ2v) is 3.69. The van der Waals surface area contributed by atoms with E-state index in [9.17, 15) is 22.4 Å². The average Bonchev–Trinajstić information content (AvgIpc) is 2.50. The number of carbonyl (C=O) groups excluding carboxylic acids is 1. The number of rotatable bonds is 3. The number of nitrogens with one attached hydrogen (secondary N) is 1. The summed E-state index contributed by atoms with van der Waals surface area (Å²) in [6.45, 7) is 1.53. The highest BCUT2D eigenvalue weighted by Crippen LogP contribution is 2.25. The first-order valence-corrected chi connectivity index (χ1v) is 4.43. The lowest BCUT2D eigenvalue weighted by Gasteiger charge is -2.12. The van der Waals surface area contributed by atoms with E-state index in [1.165, 1.54) is 6.92 Å². The minimum atomic E-state index is -4.72. The Kier molecular flexibility index (Phi) is 3.22. The molecule has 4 nitrogen and oxygen atoms in total. The van der Waals surface area contributed by atoms with Crippen molar-refractivity contribution >= 4 is 22.4 Å². The summed E-state index contributed by atoms with van der Waals surface area (Å²) in [5, 5.41) is 8.45. The topological polar surface area (TPSA) is 54.9 Å². The number of amides is 1. The number of aryl methyl sites for hydroxylation is 1. The third kappa shape index (κ3) is 2.61. The van der Waals surface area contributed by atoms with Crippen LogP contribution in [0, 0.1) is 6.92 Å². The fraction of sp³-hybridized carbons (Fsp3) is 0.500. The Morgan fingerprint density at radius 2 is 2.07 bits per heavy atom. The van der Waals surface area contributed by atoms with Gasteiger partial charge in [-0.05, 0) is 6.92 Å². The van der Waals surface area contributed by atoms with Gasteiger partial charge in [-0.15, -0.1) is 10.2 Å². The molecule has 0 aliphatic carbocycles. The number of nitrogens with zero attached hydrogens (tertiary/aromatic N) is 2. The van der Waals surface area contributed by atoms with Crippen LogP contribution >= 0.6 is 11.3 Å². The summed E-state index contributed by atoms with van der Waals surface area (Å²) in [6.07, 6.45) is -4.05. The minimum Gasteiger partial charge on any atom is -0.295 e. The van der Waals surface area contributed by atoms with Gasteiger partial charge >= 0.3 is 18.3 Å². The predicted octanol–water partition coefficient (Wildman–Crippen LogP) is 1.69. The molecule has 0 saturated carbocycles. The lowest BCUT2D eigenvalue weighted by molar-refractivity contribution is -0.163. The highest BCUT2D eigenvalue weighted by atomic mass is 32.1. The predicted molar refractivity (Wildman–Crippen MR) is 44.2 cm³/mol. The number of hydrogen-bond donors (Lipinski definition) is 1. The molecule has 0 aromatic carbocycles. The molecule has 0 bridgehead atoms. The Hall–Kier alpha value is -1.25. The van der Waals surface area contributed by atoms with Crippen LogP contribution in [0.2, 0.25) is 0 Å². The van der Waals surface area contributed by atoms with Crippen LogP contribution in [0.15, 0.2) is 0 Å². The summed E-state index contributed by atoms with van der Waals surface area (Å²) in [5.74, 6) is -6.81. The number of halogens is 4. The lowest BCUT2D eigenvalue weighted by atomic mass is 10.3. The molecule has 1 rings (SSSR count). The molecule has 1 heterocycles. The molecule has 0 aliphatic rings. The number of hydrogen-bond acceptors (Lipinski definition) is 4. The van der Waals surface area contributed by atoms with Crippen molar-refractivity contribution in [2.45, 2.75) is 19.3 Å². The molecule has 9 heteroatoms. The quantitative estimate of drug-likeness (QED) is 0.822. The van der Waals surface area contributed by atoms with Crippen LogP contribution in [0.1, 0.15) is 5.01 Å². The third-order valence-corrected chi connectivity index (χ3v) is 2.08. The van der Waals surface area contributed by atoms with E-state index in [0.29, 0.717) is 5.01 Å². The summed E-state index contributed by atoms with van der Waals surface area (Å²) >= 11 is 0.811. The van der Waals surface area contributed by atoms with Gasteiger partial charge in [0.05, 0.1) is 0 Å². The van der Waals surface area contributed by atoms with Crippen molar-refractivity contribution in [3.63, 3.8) is 0 Å². The summed E-state index contributed by atoms with van der Waals surface area (Å²) in [6, 6.07) is 0. The zero-order valence-electron chi connectivity index (χ0n) is 7.30. The molecular formula is C6H5F4N3OS. The van der Waals surface area contributed by atoms with Crippen LogP contribution in [0.4, 0.5) is 22.7 Å². The summed E-state index contributed by atoms with van der Waals surface area (Å²) in [4.78, 5) is 10.7. The molecule has 1 amide bonds. The first-order chi connectivity index (χ1) is 6.84. The molecule has 0 aliphatic heterocycles. The lowest BCUT2D eigenvalue weighted by Crippen LogP contribution is -2.40. The normalized spacial score (nSPS) is 11.9. The number of carbonyl (C=O) groups is 1. The molecule has 1 N–H and O–H groups in total. The molecule has 0 radical (unpaired) electrons. The first kappa shape index (κ1) is 11.8. The van der Waals surface area contributed by atoms with Gasteiger partial charge in [0.15, 0.2) is 0 Å². The Morgan fingerprint density at radius 1 is 1.47 bits per heavy atom. The van der Waals surface area contributed by atoms with E-state index < -0.39 is 18.3 Å². The monoisotopic (exact) mass is 243 g/mol. The molecule has 0 atom stereocenters. The van der Waals surface area contributed by atoms with Crippen LogP contribution in [0.5, 0.6) is 0 Å². The molecule has 1 aromatic rings. The van der Waals surface area contributed by atoms with Crippen LogP contribution < -0.4 is 5.32 Å². The fourth-order valence-electron chi connectivity index (χ4n) is 0.627. The third-order valence-electron chi connectivity index (χ3n) is 1.32. The van der Waals surface area contributed by atoms with E-state index in [2.05, 4.69) is 10.2 Å². The van der Waals surface area contributed by atoms with Crippen molar-refractivity contribution in [2.75, 3.05) is 5.32 Å². The van der Waals surface area contributed by atoms with Gasteiger partial charge in [0.25, 0.3) is 0 Å². The summed E-state index contributed by atoms with van der Waals surface area (Å²) in [5.41, 5.74) is 0. The Balaban J connectivity index is 2.71. The summed E-state index contributed by atoms with van der Waals surface area (Å²) < 4.78 is 48.3. The van der Waals surface area contributed by atoms with Gasteiger partial charge in [-0.25, -0.2) is 8.78 Å². The molecule has 0 fully saturated rings. The first-order valence-electron chi connectivity index (χ1n) is 3.61. The van der Waals surface area contributed by atoms with Gasteiger partial charge in [0.1, 0.15) is 5.01 Å². The largest absolute Gasteiger partial charge is 0.383 e. The molecule has 84 valence electrons. The molecule has 0 spiro atoms. The second-order valence-electron chi connectivity index (χ2n) is 2.50. The van der Waals surface area contributed by atoms with Crippen molar-refractivity contribution in [2.24, 2.45) is 0 Å². The van der Waals surface area contributed by atoms with Gasteiger partial charge in [0.2, 0.25) is 5.13 Å². The SMILES string of the molecule is Cc1nnc(NC(=O)C(F)(F)C(F)F)s1. The molecule has 1 aromatic heterocycles. The Bertz CT molecular complexity index is 367. The van der Waals surface area contributed by atoms with Crippen LogP contribution in [0.25, 0.3) is 0 Å². The Morgan fingerprint density at radius 3 is 2.47 bits per heavy atom. The van der Waals surface area contributed by atoms with Crippen molar-refractivity contribution in [1.82, 2.24) is 10.2 Å². The average molecular weight is 243 g/mol. The van der Waals surface area contributed by atoms with Gasteiger partial charge < -0.3 is 0 Å². The van der Waals surface area contributed by atoms with Crippen LogP contribution in [-0.2, 0) is 4.79 Å². The molecule has 15 heavy (non-hydrogen) atoms. The van der Waals surface area contributed by atoms with E-state index in [-0.39, 0.29) is 5.13 Å². The van der Waals surface area contributed by atoms with Crippen molar-refractivity contribution in [3.05, 3.63) is 5.01 Å². The maximum atomic E-state index is 12.4. The van der Waals surface area contributed by atoms with Gasteiger partial charge in [-0.1, -0.05) is 11.3 Å². The molecular weight excluding hydrogens is 238 g/mol. The molecule has 0 saturated heterocycles. The maximum absolute atomic E-state index is 12.4. The zero-order valence-corrected chi connectivity index (χ0v) is 8.12. The Labute approximate surface area is 85.3 Å². The minimum absolute atomic E-state index is 0.238. The van der Waals surface area contributed by atoms with Gasteiger partial charge in [-0.2, -0.15) is 8.78 Å². The van der Waals surface area contributed by atoms with Crippen LogP contribution in [-0.4, -0.2) is 28.5 Å². The maximum Gasteiger partial charge on any atom is 0.383 e. The number of anilines is 1. The smallest absolute Gasteiger partial charge is 0.295 e. The molecule has 0 unspecified atom stereocenters. The van der Waals surface area contributed by atoms with Crippen molar-refractivity contribution < 1.29 is 22.4 Å². The van der Waals surface area contributed by atoms with Gasteiger partial charge in [-0.3, -0.25) is 10.1 Å². The summed E-state index contributed by atoms with van der Waals surface area (Å²) in [7, 11) is 0. The number of alkyl halides is 4. The second kappa shape index (κ2) is 4.09. The number of aromatic nitrogens is 2. The van der Waals surface area contributed by atoms with Crippen molar-refractivity contribution in [3.8, 4) is 0 Å². The highest BCUT2D eigenvalue weighted by Gasteiger charge is 2.49. The standard InChI is InChI=1S/C6H5F4N3OS/c1-2-12-13-5(15-2)11-4(14)6(9,10)3(7)8/h3H,1H3,(H,11,13,14). The van der Waals surface area contributed by atoms with E-state index in [4.69, 9.17) is 0 Å². The van der Waals surface area contributed by atoms with Gasteiger partial charge in [0, 0.05) is 0 Å². The highest BCUT2D eigenvalue weighted by molar-refractivity contribution is 7.15. The van der Waals surface area contributed by atoms with Crippen LogP contribution in [0.3, 0.4) is 0 Å². The van der Waals surface area contributed by atoms with E-state index in [1.807, 2.05) is 0 Å². The van der Waals surface area contributed by atoms with E-state index in [0.717, 1.165) is 11.3 Å².